The first kappa shape index (κ1) is 13.6. The van der Waals surface area contributed by atoms with E-state index in [1.54, 1.807) is 12.3 Å². The first-order valence-corrected chi connectivity index (χ1v) is 7.16. The van der Waals surface area contributed by atoms with Crippen molar-refractivity contribution in [2.75, 3.05) is 6.54 Å². The fourth-order valence-electron chi connectivity index (χ4n) is 1.41. The Bertz CT molecular complexity index is 606. The van der Waals surface area contributed by atoms with Gasteiger partial charge in [-0.1, -0.05) is 0 Å². The maximum absolute atomic E-state index is 11.8. The van der Waals surface area contributed by atoms with Crippen LogP contribution in [0.4, 0.5) is 0 Å². The molecule has 0 spiro atoms. The zero-order valence-corrected chi connectivity index (χ0v) is 11.7. The molecule has 2 rings (SSSR count). The molecule has 19 heavy (non-hydrogen) atoms. The molecule has 2 aromatic heterocycles. The van der Waals surface area contributed by atoms with Crippen molar-refractivity contribution in [3.8, 4) is 0 Å². The zero-order chi connectivity index (χ0) is 13.8. The summed E-state index contributed by atoms with van der Waals surface area (Å²) in [6.07, 6.45) is 0.514. The lowest BCUT2D eigenvalue weighted by atomic mass is 10.2. The quantitative estimate of drug-likeness (QED) is 0.874. The first-order chi connectivity index (χ1) is 9.08. The van der Waals surface area contributed by atoms with Crippen molar-refractivity contribution in [3.05, 3.63) is 32.7 Å². The molecule has 0 atom stereocenters. The van der Waals surface area contributed by atoms with Crippen molar-refractivity contribution in [1.29, 1.82) is 0 Å². The summed E-state index contributed by atoms with van der Waals surface area (Å²) >= 11 is 2.52. The highest BCUT2D eigenvalue weighted by Gasteiger charge is 2.11. The number of nitrogens with one attached hydrogen (secondary N) is 1. The van der Waals surface area contributed by atoms with Crippen LogP contribution in [0.3, 0.4) is 0 Å². The van der Waals surface area contributed by atoms with Gasteiger partial charge >= 0.3 is 5.97 Å². The monoisotopic (exact) mass is 297 g/mol. The number of hydrogen-bond donors (Lipinski definition) is 2. The lowest BCUT2D eigenvalue weighted by Gasteiger charge is -2.02. The van der Waals surface area contributed by atoms with Crippen LogP contribution >= 0.6 is 22.9 Å². The van der Waals surface area contributed by atoms with E-state index in [2.05, 4.69) is 14.7 Å². The second-order valence-electron chi connectivity index (χ2n) is 3.75. The Morgan fingerprint density at radius 3 is 2.79 bits per heavy atom. The summed E-state index contributed by atoms with van der Waals surface area (Å²) < 4.78 is 4.03. The van der Waals surface area contributed by atoms with E-state index in [-0.39, 0.29) is 11.6 Å². The van der Waals surface area contributed by atoms with E-state index in [1.807, 2.05) is 0 Å². The van der Waals surface area contributed by atoms with Gasteiger partial charge in [-0.3, -0.25) is 4.79 Å². The van der Waals surface area contributed by atoms with Crippen molar-refractivity contribution in [3.63, 3.8) is 0 Å². The maximum Gasteiger partial charge on any atom is 0.355 e. The third-order valence-corrected chi connectivity index (χ3v) is 4.02. The van der Waals surface area contributed by atoms with Crippen LogP contribution in [0.5, 0.6) is 0 Å². The van der Waals surface area contributed by atoms with Gasteiger partial charge in [0.25, 0.3) is 5.91 Å². The smallest absolute Gasteiger partial charge is 0.355 e. The van der Waals surface area contributed by atoms with E-state index in [9.17, 15) is 9.59 Å². The number of carbonyl (C=O) groups is 2. The molecule has 0 aliphatic heterocycles. The van der Waals surface area contributed by atoms with E-state index >= 15 is 0 Å². The Hall–Kier alpha value is -1.80. The molecule has 0 aromatic carbocycles. The number of hydrogen-bond acceptors (Lipinski definition) is 6. The Balaban J connectivity index is 1.85. The highest BCUT2D eigenvalue weighted by molar-refractivity contribution is 7.09. The molecule has 0 saturated carbocycles. The van der Waals surface area contributed by atoms with Crippen molar-refractivity contribution in [2.24, 2.45) is 0 Å². The maximum atomic E-state index is 11.8. The predicted molar refractivity (Wildman–Crippen MR) is 72.0 cm³/mol. The van der Waals surface area contributed by atoms with Crippen LogP contribution in [-0.4, -0.2) is 32.9 Å². The lowest BCUT2D eigenvalue weighted by Crippen LogP contribution is -2.25. The second-order valence-corrected chi connectivity index (χ2v) is 5.32. The minimum absolute atomic E-state index is 0.0456. The lowest BCUT2D eigenvalue weighted by molar-refractivity contribution is 0.0690. The minimum atomic E-state index is -1.04. The molecule has 2 N–H and O–H groups in total. The zero-order valence-electron chi connectivity index (χ0n) is 10.0. The summed E-state index contributed by atoms with van der Waals surface area (Å²) in [6, 6.07) is 0. The van der Waals surface area contributed by atoms with E-state index in [0.29, 0.717) is 29.2 Å². The Morgan fingerprint density at radius 2 is 2.21 bits per heavy atom. The fraction of sp³-hybridized carbons (Fsp3) is 0.273. The third-order valence-electron chi connectivity index (χ3n) is 2.39. The van der Waals surface area contributed by atoms with Crippen molar-refractivity contribution in [1.82, 2.24) is 14.7 Å². The van der Waals surface area contributed by atoms with Gasteiger partial charge in [-0.05, 0) is 18.5 Å². The molecule has 2 heterocycles. The molecule has 0 saturated heterocycles. The summed E-state index contributed by atoms with van der Waals surface area (Å²) in [4.78, 5) is 26.4. The summed E-state index contributed by atoms with van der Waals surface area (Å²) in [7, 11) is 0. The normalized spacial score (nSPS) is 10.4. The highest BCUT2D eigenvalue weighted by Crippen LogP contribution is 2.11. The van der Waals surface area contributed by atoms with Gasteiger partial charge in [0.15, 0.2) is 5.69 Å². The third kappa shape index (κ3) is 3.36. The van der Waals surface area contributed by atoms with Gasteiger partial charge in [-0.15, -0.1) is 11.3 Å². The van der Waals surface area contributed by atoms with E-state index in [1.165, 1.54) is 28.2 Å². The second kappa shape index (κ2) is 5.89. The summed E-state index contributed by atoms with van der Waals surface area (Å²) in [5, 5.41) is 15.4. The molecule has 0 fully saturated rings. The molecule has 100 valence electrons. The Labute approximate surface area is 117 Å². The van der Waals surface area contributed by atoms with Crippen LogP contribution in [0.25, 0.3) is 0 Å². The minimum Gasteiger partial charge on any atom is -0.476 e. The van der Waals surface area contributed by atoms with Gasteiger partial charge in [0.2, 0.25) is 0 Å². The van der Waals surface area contributed by atoms with Gasteiger partial charge in [0.05, 0.1) is 16.3 Å². The SMILES string of the molecule is Cc1nscc1C(=O)NCCc1nc(C(=O)O)cs1. The average Bonchev–Trinajstić information content (AvgIpc) is 2.97. The highest BCUT2D eigenvalue weighted by atomic mass is 32.1. The Morgan fingerprint density at radius 1 is 1.42 bits per heavy atom. The number of aromatic carboxylic acids is 1. The summed E-state index contributed by atoms with van der Waals surface area (Å²) in [5.41, 5.74) is 1.34. The summed E-state index contributed by atoms with van der Waals surface area (Å²) in [5.74, 6) is -1.20. The van der Waals surface area contributed by atoms with Crippen molar-refractivity contribution in [2.45, 2.75) is 13.3 Å². The van der Waals surface area contributed by atoms with Crippen molar-refractivity contribution < 1.29 is 14.7 Å². The van der Waals surface area contributed by atoms with Crippen LogP contribution in [0.1, 0.15) is 31.5 Å². The van der Waals surface area contributed by atoms with Crippen LogP contribution < -0.4 is 5.32 Å². The largest absolute Gasteiger partial charge is 0.476 e. The standard InChI is InChI=1S/C11H11N3O3S2/c1-6-7(4-19-14-6)10(15)12-3-2-9-13-8(5-18-9)11(16)17/h4-5H,2-3H2,1H3,(H,12,15)(H,16,17). The van der Waals surface area contributed by atoms with Gasteiger partial charge < -0.3 is 10.4 Å². The number of amides is 1. The molecular weight excluding hydrogens is 286 g/mol. The molecular formula is C11H11N3O3S2. The number of aryl methyl sites for hydroxylation is 1. The number of thiazole rings is 1. The number of carboxylic acids is 1. The van der Waals surface area contributed by atoms with E-state index in [4.69, 9.17) is 5.11 Å². The van der Waals surface area contributed by atoms with Crippen LogP contribution in [0, 0.1) is 6.92 Å². The van der Waals surface area contributed by atoms with Crippen LogP contribution in [-0.2, 0) is 6.42 Å². The van der Waals surface area contributed by atoms with Crippen molar-refractivity contribution >= 4 is 34.7 Å². The molecule has 2 aromatic rings. The molecule has 1 amide bonds. The molecule has 6 nitrogen and oxygen atoms in total. The molecule has 0 aliphatic carbocycles. The van der Waals surface area contributed by atoms with E-state index in [0.717, 1.165) is 0 Å². The van der Waals surface area contributed by atoms with E-state index < -0.39 is 5.97 Å². The number of rotatable bonds is 5. The Kier molecular flexibility index (Phi) is 4.23. The van der Waals surface area contributed by atoms with Crippen LogP contribution in [0.15, 0.2) is 10.8 Å². The summed E-state index contributed by atoms with van der Waals surface area (Å²) in [6.45, 7) is 2.20. The van der Waals surface area contributed by atoms with Gasteiger partial charge in [-0.25, -0.2) is 9.78 Å². The number of aromatic nitrogens is 2. The average molecular weight is 297 g/mol. The fourth-order valence-corrected chi connectivity index (χ4v) is 2.88. The molecule has 0 radical (unpaired) electrons. The number of carbonyl (C=O) groups excluding carboxylic acids is 1. The molecule has 0 bridgehead atoms. The van der Waals surface area contributed by atoms with Gasteiger partial charge in [0, 0.05) is 23.7 Å². The predicted octanol–water partition coefficient (Wildman–Crippen LogP) is 1.58. The van der Waals surface area contributed by atoms with Gasteiger partial charge in [-0.2, -0.15) is 4.37 Å². The molecule has 0 unspecified atom stereocenters. The van der Waals surface area contributed by atoms with Crippen LogP contribution in [0.2, 0.25) is 0 Å². The molecule has 8 heteroatoms. The van der Waals surface area contributed by atoms with Gasteiger partial charge in [0.1, 0.15) is 0 Å². The number of carboxylic acid groups (broad SMARTS) is 1. The first-order valence-electron chi connectivity index (χ1n) is 5.45. The number of nitrogens with zero attached hydrogens (tertiary/aromatic N) is 2. The topological polar surface area (TPSA) is 92.2 Å². The molecule has 0 aliphatic rings.